The van der Waals surface area contributed by atoms with Gasteiger partial charge in [0.25, 0.3) is 0 Å². The Morgan fingerprint density at radius 1 is 0.829 bits per heavy atom. The predicted molar refractivity (Wildman–Crippen MR) is 148 cm³/mol. The van der Waals surface area contributed by atoms with Gasteiger partial charge < -0.3 is 0 Å². The van der Waals surface area contributed by atoms with E-state index in [1.54, 1.807) is 0 Å². The van der Waals surface area contributed by atoms with Gasteiger partial charge in [-0.3, -0.25) is 0 Å². The molecule has 0 radical (unpaired) electrons. The maximum absolute atomic E-state index is 8.57. The molecule has 0 spiro atoms. The fourth-order valence-corrected chi connectivity index (χ4v) is 5.31. The summed E-state index contributed by atoms with van der Waals surface area (Å²) >= 11 is 0. The Balaban J connectivity index is 1.52. The SMILES string of the molecule is [2H]C([2H])(c1ccc(-c2ccc(-c3cc4n(n3)-c3ccccc3C(C)(C)C4(C)C)cc2C)cc1)C(C)(C)C. The molecule has 0 N–H and O–H groups in total. The van der Waals surface area contributed by atoms with E-state index in [4.69, 9.17) is 7.84 Å². The third-order valence-corrected chi connectivity index (χ3v) is 7.96. The van der Waals surface area contributed by atoms with Crippen LogP contribution in [0.2, 0.25) is 0 Å². The number of aromatic nitrogens is 2. The van der Waals surface area contributed by atoms with Crippen LogP contribution in [0.15, 0.2) is 72.8 Å². The lowest BCUT2D eigenvalue weighted by Crippen LogP contribution is -2.45. The molecule has 5 rings (SSSR count). The number of aryl methyl sites for hydroxylation is 1. The summed E-state index contributed by atoms with van der Waals surface area (Å²) in [6, 6.07) is 25.4. The number of nitrogens with zero attached hydrogens (tertiary/aromatic N) is 2. The van der Waals surface area contributed by atoms with Crippen LogP contribution in [0.25, 0.3) is 28.1 Å². The lowest BCUT2D eigenvalue weighted by atomic mass is 9.60. The van der Waals surface area contributed by atoms with Crippen molar-refractivity contribution in [2.45, 2.75) is 72.6 Å². The van der Waals surface area contributed by atoms with Crippen molar-refractivity contribution in [3.05, 3.63) is 95.2 Å². The zero-order valence-electron chi connectivity index (χ0n) is 24.3. The number of hydrogen-bond donors (Lipinski definition) is 0. The van der Waals surface area contributed by atoms with Crippen molar-refractivity contribution in [1.82, 2.24) is 9.78 Å². The topological polar surface area (TPSA) is 17.8 Å². The summed E-state index contributed by atoms with van der Waals surface area (Å²) in [5.74, 6) is 0. The largest absolute Gasteiger partial charge is 0.236 e. The van der Waals surface area contributed by atoms with Crippen molar-refractivity contribution < 1.29 is 2.74 Å². The molecular weight excluding hydrogens is 424 g/mol. The second-order valence-corrected chi connectivity index (χ2v) is 12.1. The summed E-state index contributed by atoms with van der Waals surface area (Å²) in [5, 5.41) is 5.10. The second kappa shape index (κ2) is 7.95. The first-order valence-electron chi connectivity index (χ1n) is 13.6. The fourth-order valence-electron chi connectivity index (χ4n) is 5.31. The third-order valence-electron chi connectivity index (χ3n) is 7.96. The molecule has 2 nitrogen and oxygen atoms in total. The molecule has 0 saturated heterocycles. The Bertz CT molecular complexity index is 1480. The van der Waals surface area contributed by atoms with Crippen LogP contribution in [-0.2, 0) is 17.2 Å². The van der Waals surface area contributed by atoms with Gasteiger partial charge in [0.05, 0.1) is 17.1 Å². The average Bonchev–Trinajstić information content (AvgIpc) is 3.29. The van der Waals surface area contributed by atoms with E-state index in [2.05, 4.69) is 87.8 Å². The van der Waals surface area contributed by atoms with E-state index in [9.17, 15) is 0 Å². The molecule has 180 valence electrons. The van der Waals surface area contributed by atoms with Crippen LogP contribution in [0.3, 0.4) is 0 Å². The monoisotopic (exact) mass is 464 g/mol. The molecule has 0 bridgehead atoms. The maximum atomic E-state index is 8.57. The van der Waals surface area contributed by atoms with E-state index in [0.29, 0.717) is 5.56 Å². The first-order chi connectivity index (χ1) is 17.2. The number of rotatable bonds is 3. The van der Waals surface area contributed by atoms with Gasteiger partial charge in [-0.25, -0.2) is 4.68 Å². The summed E-state index contributed by atoms with van der Waals surface area (Å²) in [6.07, 6.45) is -1.40. The summed E-state index contributed by atoms with van der Waals surface area (Å²) in [5.41, 5.74) is 9.38. The van der Waals surface area contributed by atoms with Gasteiger partial charge >= 0.3 is 0 Å². The van der Waals surface area contributed by atoms with Crippen LogP contribution >= 0.6 is 0 Å². The highest BCUT2D eigenvalue weighted by Gasteiger charge is 2.47. The van der Waals surface area contributed by atoms with Crippen molar-refractivity contribution >= 4 is 0 Å². The van der Waals surface area contributed by atoms with E-state index < -0.39 is 11.8 Å². The van der Waals surface area contributed by atoms with Gasteiger partial charge in [0.1, 0.15) is 0 Å². The van der Waals surface area contributed by atoms with Gasteiger partial charge in [-0.1, -0.05) is 103 Å². The molecule has 0 amide bonds. The molecular formula is C33H38N2. The zero-order valence-corrected chi connectivity index (χ0v) is 22.3. The van der Waals surface area contributed by atoms with E-state index in [1.807, 2.05) is 45.0 Å². The minimum Gasteiger partial charge on any atom is -0.236 e. The predicted octanol–water partition coefficient (Wildman–Crippen LogP) is 8.67. The second-order valence-electron chi connectivity index (χ2n) is 12.1. The third kappa shape index (κ3) is 3.93. The molecule has 1 aliphatic heterocycles. The molecule has 1 aliphatic rings. The molecule has 1 aromatic heterocycles. The minimum atomic E-state index is -1.40. The van der Waals surface area contributed by atoms with Crippen LogP contribution in [0.5, 0.6) is 0 Å². The molecule has 0 atom stereocenters. The van der Waals surface area contributed by atoms with E-state index in [0.717, 1.165) is 28.1 Å². The van der Waals surface area contributed by atoms with E-state index in [-0.39, 0.29) is 10.8 Å². The van der Waals surface area contributed by atoms with Crippen molar-refractivity contribution in [3.63, 3.8) is 0 Å². The normalized spacial score (nSPS) is 17.3. The smallest absolute Gasteiger partial charge is 0.0930 e. The van der Waals surface area contributed by atoms with E-state index >= 15 is 0 Å². The Kier molecular flexibility index (Phi) is 4.81. The standard InChI is InChI=1S/C33H38N2/c1-22-19-25(17-18-26(22)24-15-13-23(14-16-24)21-31(2,3)4)28-20-30-33(7,8)32(5,6)27-11-9-10-12-29(27)35(30)34-28/h9-20H,21H2,1-8H3/i21D2. The molecule has 3 aromatic carbocycles. The Morgan fingerprint density at radius 2 is 1.49 bits per heavy atom. The Hall–Kier alpha value is -3.13. The van der Waals surface area contributed by atoms with Crippen LogP contribution in [0.1, 0.15) is 73.6 Å². The van der Waals surface area contributed by atoms with Gasteiger partial charge in [0, 0.05) is 19.1 Å². The average molecular weight is 465 g/mol. The number of hydrogen-bond acceptors (Lipinski definition) is 1. The summed E-state index contributed by atoms with van der Waals surface area (Å²) < 4.78 is 19.3. The first kappa shape index (κ1) is 21.2. The molecule has 0 aliphatic carbocycles. The van der Waals surface area contributed by atoms with Crippen molar-refractivity contribution in [2.75, 3.05) is 0 Å². The molecule has 0 unspecified atom stereocenters. The summed E-state index contributed by atoms with van der Waals surface area (Å²) in [4.78, 5) is 0. The molecule has 0 saturated carbocycles. The molecule has 2 heterocycles. The van der Waals surface area contributed by atoms with E-state index in [1.165, 1.54) is 16.8 Å². The highest BCUT2D eigenvalue weighted by molar-refractivity contribution is 5.73. The first-order valence-corrected chi connectivity index (χ1v) is 12.6. The lowest BCUT2D eigenvalue weighted by molar-refractivity contribution is 0.275. The molecule has 0 fully saturated rings. The summed E-state index contributed by atoms with van der Waals surface area (Å²) in [7, 11) is 0. The van der Waals surface area contributed by atoms with Gasteiger partial charge in [0.2, 0.25) is 0 Å². The van der Waals surface area contributed by atoms with Gasteiger partial charge in [-0.2, -0.15) is 5.10 Å². The van der Waals surface area contributed by atoms with Crippen LogP contribution in [0, 0.1) is 12.3 Å². The molecule has 35 heavy (non-hydrogen) atoms. The minimum absolute atomic E-state index is 0.0223. The van der Waals surface area contributed by atoms with Crippen molar-refractivity contribution in [1.29, 1.82) is 0 Å². The molecule has 2 heteroatoms. The Morgan fingerprint density at radius 3 is 2.14 bits per heavy atom. The lowest BCUT2D eigenvalue weighted by Gasteiger charge is -2.46. The summed E-state index contributed by atoms with van der Waals surface area (Å²) in [6.45, 7) is 17.3. The number of para-hydroxylation sites is 1. The highest BCUT2D eigenvalue weighted by atomic mass is 15.3. The van der Waals surface area contributed by atoms with Crippen LogP contribution in [-0.4, -0.2) is 9.78 Å². The van der Waals surface area contributed by atoms with Crippen LogP contribution in [0.4, 0.5) is 0 Å². The number of benzene rings is 3. The van der Waals surface area contributed by atoms with Gasteiger partial charge in [-0.15, -0.1) is 0 Å². The maximum Gasteiger partial charge on any atom is 0.0930 e. The highest BCUT2D eigenvalue weighted by Crippen LogP contribution is 2.50. The quantitative estimate of drug-likeness (QED) is 0.296. The zero-order chi connectivity index (χ0) is 27.0. The van der Waals surface area contributed by atoms with Gasteiger partial charge in [-0.05, 0) is 64.7 Å². The van der Waals surface area contributed by atoms with Crippen molar-refractivity contribution in [2.24, 2.45) is 5.41 Å². The van der Waals surface area contributed by atoms with Gasteiger partial charge in [0.15, 0.2) is 0 Å². The fraction of sp³-hybridized carbons (Fsp3) is 0.364. The van der Waals surface area contributed by atoms with Crippen LogP contribution < -0.4 is 0 Å². The van der Waals surface area contributed by atoms with Crippen molar-refractivity contribution in [3.8, 4) is 28.1 Å². The Labute approximate surface area is 213 Å². The number of fused-ring (bicyclic) bond motifs is 3. The molecule has 4 aromatic rings.